The number of halogens is 1. The molecule has 1 aliphatic carbocycles. The summed E-state index contributed by atoms with van der Waals surface area (Å²) in [5, 5.41) is 0. The number of rotatable bonds is 1. The molecule has 1 aromatic rings. The van der Waals surface area contributed by atoms with Crippen molar-refractivity contribution in [2.24, 2.45) is 11.7 Å². The topological polar surface area (TPSA) is 55.6 Å². The number of hydrogen-bond donors (Lipinski definition) is 1. The summed E-state index contributed by atoms with van der Waals surface area (Å²) >= 11 is 0. The Morgan fingerprint density at radius 3 is 3.00 bits per heavy atom. The van der Waals surface area contributed by atoms with Crippen molar-refractivity contribution in [1.29, 1.82) is 0 Å². The Morgan fingerprint density at radius 2 is 2.24 bits per heavy atom. The van der Waals surface area contributed by atoms with Crippen molar-refractivity contribution < 1.29 is 13.9 Å². The minimum absolute atomic E-state index is 0.0306. The van der Waals surface area contributed by atoms with Crippen LogP contribution in [0.4, 0.5) is 10.1 Å². The first kappa shape index (κ1) is 14.3. The number of hydrogen-bond acceptors (Lipinski definition) is 3. The van der Waals surface area contributed by atoms with Crippen LogP contribution >= 0.6 is 0 Å². The SMILES string of the molecule is C[C@@H]1CN(C(=O)[C@@H]2CCC[C@@H](N)C2)c2ccc(F)cc2O1. The molecule has 0 bridgehead atoms. The molecular weight excluding hydrogens is 271 g/mol. The Bertz CT molecular complexity index is 549. The highest BCUT2D eigenvalue weighted by Gasteiger charge is 2.34. The maximum atomic E-state index is 13.4. The van der Waals surface area contributed by atoms with Crippen LogP contribution in [0.15, 0.2) is 18.2 Å². The van der Waals surface area contributed by atoms with Gasteiger partial charge in [0, 0.05) is 18.0 Å². The zero-order chi connectivity index (χ0) is 15.0. The van der Waals surface area contributed by atoms with Gasteiger partial charge in [-0.15, -0.1) is 0 Å². The predicted octanol–water partition coefficient (Wildman–Crippen LogP) is 2.46. The van der Waals surface area contributed by atoms with Gasteiger partial charge in [0.25, 0.3) is 0 Å². The molecule has 2 N–H and O–H groups in total. The number of fused-ring (bicyclic) bond motifs is 1. The highest BCUT2D eigenvalue weighted by atomic mass is 19.1. The Morgan fingerprint density at radius 1 is 1.43 bits per heavy atom. The van der Waals surface area contributed by atoms with E-state index in [1.807, 2.05) is 6.92 Å². The number of amides is 1. The lowest BCUT2D eigenvalue weighted by Gasteiger charge is -2.37. The number of carbonyl (C=O) groups is 1. The van der Waals surface area contributed by atoms with E-state index in [0.29, 0.717) is 18.0 Å². The first-order valence-corrected chi connectivity index (χ1v) is 7.58. The Hall–Kier alpha value is -1.62. The standard InChI is InChI=1S/C16H21FN2O2/c1-10-9-19(14-6-5-12(17)8-15(14)21-10)16(20)11-3-2-4-13(18)7-11/h5-6,8,10-11,13H,2-4,7,9,18H2,1H3/t10-,11-,13-/m1/s1. The smallest absolute Gasteiger partial charge is 0.230 e. The van der Waals surface area contributed by atoms with E-state index < -0.39 is 0 Å². The molecule has 1 aromatic carbocycles. The fraction of sp³-hybridized carbons (Fsp3) is 0.562. The average molecular weight is 292 g/mol. The summed E-state index contributed by atoms with van der Waals surface area (Å²) in [6, 6.07) is 4.44. The second-order valence-corrected chi connectivity index (χ2v) is 6.11. The first-order valence-electron chi connectivity index (χ1n) is 7.58. The minimum Gasteiger partial charge on any atom is -0.487 e. The quantitative estimate of drug-likeness (QED) is 0.865. The number of nitrogens with two attached hydrogens (primary N) is 1. The maximum absolute atomic E-state index is 13.4. The van der Waals surface area contributed by atoms with E-state index in [0.717, 1.165) is 25.7 Å². The third-order valence-corrected chi connectivity index (χ3v) is 4.31. The number of carbonyl (C=O) groups excluding carboxylic acids is 1. The lowest BCUT2D eigenvalue weighted by Crippen LogP contribution is -2.46. The van der Waals surface area contributed by atoms with Gasteiger partial charge in [0.1, 0.15) is 17.7 Å². The zero-order valence-corrected chi connectivity index (χ0v) is 12.2. The molecule has 1 saturated carbocycles. The summed E-state index contributed by atoms with van der Waals surface area (Å²) in [5.74, 6) is 0.155. The van der Waals surface area contributed by atoms with Crippen LogP contribution < -0.4 is 15.4 Å². The lowest BCUT2D eigenvalue weighted by atomic mass is 9.85. The van der Waals surface area contributed by atoms with Gasteiger partial charge in [-0.2, -0.15) is 0 Å². The summed E-state index contributed by atoms with van der Waals surface area (Å²) in [5.41, 5.74) is 6.65. The summed E-state index contributed by atoms with van der Waals surface area (Å²) in [6.07, 6.45) is 3.47. The molecule has 114 valence electrons. The summed E-state index contributed by atoms with van der Waals surface area (Å²) < 4.78 is 19.0. The Labute approximate surface area is 124 Å². The average Bonchev–Trinajstić information content (AvgIpc) is 2.45. The second kappa shape index (κ2) is 5.64. The fourth-order valence-corrected chi connectivity index (χ4v) is 3.30. The van der Waals surface area contributed by atoms with Crippen LogP contribution in [0.3, 0.4) is 0 Å². The number of ether oxygens (including phenoxy) is 1. The molecule has 1 aliphatic heterocycles. The van der Waals surface area contributed by atoms with E-state index in [-0.39, 0.29) is 29.8 Å². The van der Waals surface area contributed by atoms with E-state index in [4.69, 9.17) is 10.5 Å². The molecule has 0 aromatic heterocycles. The van der Waals surface area contributed by atoms with Crippen molar-refractivity contribution in [3.05, 3.63) is 24.0 Å². The molecule has 0 spiro atoms. The molecule has 1 heterocycles. The van der Waals surface area contributed by atoms with Gasteiger partial charge in [0.2, 0.25) is 5.91 Å². The number of anilines is 1. The molecule has 4 nitrogen and oxygen atoms in total. The van der Waals surface area contributed by atoms with Crippen molar-refractivity contribution in [2.45, 2.75) is 44.8 Å². The van der Waals surface area contributed by atoms with Gasteiger partial charge in [-0.1, -0.05) is 6.42 Å². The van der Waals surface area contributed by atoms with Gasteiger partial charge in [-0.3, -0.25) is 4.79 Å². The zero-order valence-electron chi connectivity index (χ0n) is 12.2. The van der Waals surface area contributed by atoms with Crippen molar-refractivity contribution in [3.63, 3.8) is 0 Å². The molecule has 2 aliphatic rings. The summed E-state index contributed by atoms with van der Waals surface area (Å²) in [7, 11) is 0. The highest BCUT2D eigenvalue weighted by molar-refractivity contribution is 5.97. The maximum Gasteiger partial charge on any atom is 0.230 e. The molecule has 5 heteroatoms. The second-order valence-electron chi connectivity index (χ2n) is 6.11. The van der Waals surface area contributed by atoms with Crippen LogP contribution in [0, 0.1) is 11.7 Å². The van der Waals surface area contributed by atoms with Crippen LogP contribution in [0.1, 0.15) is 32.6 Å². The summed E-state index contributed by atoms with van der Waals surface area (Å²) in [6.45, 7) is 2.39. The monoisotopic (exact) mass is 292 g/mol. The molecule has 3 rings (SSSR count). The lowest BCUT2D eigenvalue weighted by molar-refractivity contribution is -0.124. The minimum atomic E-state index is -0.352. The molecule has 0 saturated heterocycles. The van der Waals surface area contributed by atoms with Crippen molar-refractivity contribution >= 4 is 11.6 Å². The normalized spacial score (nSPS) is 28.7. The molecule has 21 heavy (non-hydrogen) atoms. The van der Waals surface area contributed by atoms with Gasteiger partial charge in [-0.25, -0.2) is 4.39 Å². The molecule has 3 atom stereocenters. The van der Waals surface area contributed by atoms with E-state index in [9.17, 15) is 9.18 Å². The van der Waals surface area contributed by atoms with Gasteiger partial charge < -0.3 is 15.4 Å². The van der Waals surface area contributed by atoms with Crippen LogP contribution in [0.2, 0.25) is 0 Å². The predicted molar refractivity (Wildman–Crippen MR) is 78.8 cm³/mol. The van der Waals surface area contributed by atoms with Crippen LogP contribution in [-0.2, 0) is 4.79 Å². The van der Waals surface area contributed by atoms with Crippen molar-refractivity contribution in [3.8, 4) is 5.75 Å². The van der Waals surface area contributed by atoms with Crippen LogP contribution in [-0.4, -0.2) is 24.6 Å². The molecule has 0 radical (unpaired) electrons. The van der Waals surface area contributed by atoms with Gasteiger partial charge in [0.05, 0.1) is 12.2 Å². The van der Waals surface area contributed by atoms with E-state index in [1.165, 1.54) is 12.1 Å². The van der Waals surface area contributed by atoms with Crippen molar-refractivity contribution in [2.75, 3.05) is 11.4 Å². The van der Waals surface area contributed by atoms with Gasteiger partial charge in [0.15, 0.2) is 0 Å². The third-order valence-electron chi connectivity index (χ3n) is 4.31. The van der Waals surface area contributed by atoms with Gasteiger partial charge in [-0.05, 0) is 38.3 Å². The number of nitrogens with zero attached hydrogens (tertiary/aromatic N) is 1. The highest BCUT2D eigenvalue weighted by Crippen LogP contribution is 2.36. The number of benzene rings is 1. The van der Waals surface area contributed by atoms with Gasteiger partial charge >= 0.3 is 0 Å². The fourth-order valence-electron chi connectivity index (χ4n) is 3.30. The van der Waals surface area contributed by atoms with Crippen LogP contribution in [0.5, 0.6) is 5.75 Å². The van der Waals surface area contributed by atoms with Crippen molar-refractivity contribution in [1.82, 2.24) is 0 Å². The molecule has 0 unspecified atom stereocenters. The van der Waals surface area contributed by atoms with E-state index >= 15 is 0 Å². The summed E-state index contributed by atoms with van der Waals surface area (Å²) in [4.78, 5) is 14.6. The largest absolute Gasteiger partial charge is 0.487 e. The van der Waals surface area contributed by atoms with Crippen LogP contribution in [0.25, 0.3) is 0 Å². The Balaban J connectivity index is 1.86. The van der Waals surface area contributed by atoms with E-state index in [2.05, 4.69) is 0 Å². The molecule has 1 fully saturated rings. The Kier molecular flexibility index (Phi) is 3.85. The first-order chi connectivity index (χ1) is 10.0. The van der Waals surface area contributed by atoms with E-state index in [1.54, 1.807) is 11.0 Å². The third kappa shape index (κ3) is 2.88. The molecule has 1 amide bonds. The molecular formula is C16H21FN2O2.